The maximum atomic E-state index is 11.8. The number of aliphatic hydroxyl groups is 1. The molecule has 2 N–H and O–H groups in total. The van der Waals surface area contributed by atoms with E-state index in [-0.39, 0.29) is 12.5 Å². The lowest BCUT2D eigenvalue weighted by Gasteiger charge is -2.22. The Balaban J connectivity index is 1.95. The summed E-state index contributed by atoms with van der Waals surface area (Å²) in [6.45, 7) is 5.41. The average Bonchev–Trinajstić information content (AvgIpc) is 3.04. The zero-order valence-electron chi connectivity index (χ0n) is 12.3. The molecular weight excluding hydrogens is 286 g/mol. The summed E-state index contributed by atoms with van der Waals surface area (Å²) in [6.07, 6.45) is 3.21. The highest BCUT2D eigenvalue weighted by molar-refractivity contribution is 7.08. The summed E-state index contributed by atoms with van der Waals surface area (Å²) in [5, 5.41) is 17.1. The topological polar surface area (TPSA) is 62.5 Å². The molecule has 112 valence electrons. The summed E-state index contributed by atoms with van der Waals surface area (Å²) < 4.78 is 5.42. The molecule has 0 fully saturated rings. The van der Waals surface area contributed by atoms with Gasteiger partial charge in [0.1, 0.15) is 17.1 Å². The van der Waals surface area contributed by atoms with Crippen molar-refractivity contribution in [3.05, 3.63) is 51.6 Å². The van der Waals surface area contributed by atoms with Gasteiger partial charge >= 0.3 is 0 Å². The quantitative estimate of drug-likeness (QED) is 0.835. The molecule has 21 heavy (non-hydrogen) atoms. The molecule has 1 amide bonds. The van der Waals surface area contributed by atoms with Crippen LogP contribution < -0.4 is 5.32 Å². The van der Waals surface area contributed by atoms with E-state index in [2.05, 4.69) is 5.32 Å². The van der Waals surface area contributed by atoms with Gasteiger partial charge in [-0.15, -0.1) is 0 Å². The Morgan fingerprint density at radius 1 is 1.52 bits per heavy atom. The van der Waals surface area contributed by atoms with Gasteiger partial charge in [-0.25, -0.2) is 0 Å². The van der Waals surface area contributed by atoms with Crippen molar-refractivity contribution in [1.82, 2.24) is 5.32 Å². The van der Waals surface area contributed by atoms with Crippen LogP contribution in [-0.4, -0.2) is 17.6 Å². The molecule has 0 aliphatic carbocycles. The highest BCUT2D eigenvalue weighted by Crippen LogP contribution is 2.26. The van der Waals surface area contributed by atoms with Gasteiger partial charge in [-0.2, -0.15) is 11.3 Å². The lowest BCUT2D eigenvalue weighted by molar-refractivity contribution is -0.117. The molecule has 0 aliphatic heterocycles. The van der Waals surface area contributed by atoms with Crippen LogP contribution >= 0.6 is 11.3 Å². The first-order valence-corrected chi connectivity index (χ1v) is 7.61. The number of nitrogens with one attached hydrogen (secondary N) is 1. The number of amides is 1. The van der Waals surface area contributed by atoms with Crippen molar-refractivity contribution in [1.29, 1.82) is 0 Å². The predicted molar refractivity (Wildman–Crippen MR) is 84.1 cm³/mol. The van der Waals surface area contributed by atoms with Gasteiger partial charge in [0, 0.05) is 11.6 Å². The third-order valence-electron chi connectivity index (χ3n) is 3.20. The van der Waals surface area contributed by atoms with Crippen LogP contribution in [0.25, 0.3) is 6.08 Å². The number of aryl methyl sites for hydroxylation is 2. The monoisotopic (exact) mass is 305 g/mol. The van der Waals surface area contributed by atoms with Crippen LogP contribution in [-0.2, 0) is 10.4 Å². The molecule has 4 nitrogen and oxygen atoms in total. The Hall–Kier alpha value is -1.85. The minimum Gasteiger partial charge on any atom is -0.466 e. The molecule has 0 saturated carbocycles. The Morgan fingerprint density at radius 2 is 2.29 bits per heavy atom. The molecule has 1 atom stereocenters. The highest BCUT2D eigenvalue weighted by Gasteiger charge is 2.27. The van der Waals surface area contributed by atoms with Gasteiger partial charge in [0.2, 0.25) is 5.91 Å². The molecule has 5 heteroatoms. The van der Waals surface area contributed by atoms with Crippen molar-refractivity contribution in [2.45, 2.75) is 26.4 Å². The van der Waals surface area contributed by atoms with E-state index in [1.54, 1.807) is 37.3 Å². The van der Waals surface area contributed by atoms with Gasteiger partial charge < -0.3 is 14.8 Å². The second kappa shape index (κ2) is 6.28. The standard InChI is InChI=1S/C16H19NO3S/c1-11-8-14(12(2)20-11)16(3,19)10-17-15(18)5-4-13-6-7-21-9-13/h4-9,19H,10H2,1-3H3,(H,17,18)/b5-4+/t16-/m0/s1. The number of hydrogen-bond acceptors (Lipinski definition) is 4. The normalized spacial score (nSPS) is 14.3. The van der Waals surface area contributed by atoms with E-state index in [1.807, 2.05) is 23.8 Å². The Morgan fingerprint density at radius 3 is 2.86 bits per heavy atom. The minimum absolute atomic E-state index is 0.125. The van der Waals surface area contributed by atoms with E-state index >= 15 is 0 Å². The summed E-state index contributed by atoms with van der Waals surface area (Å²) in [7, 11) is 0. The Labute approximate surface area is 128 Å². The summed E-state index contributed by atoms with van der Waals surface area (Å²) in [5.74, 6) is 1.17. The first-order chi connectivity index (χ1) is 9.88. The summed E-state index contributed by atoms with van der Waals surface area (Å²) in [6, 6.07) is 3.73. The third kappa shape index (κ3) is 4.06. The molecule has 2 aromatic heterocycles. The SMILES string of the molecule is Cc1cc([C@@](C)(O)CNC(=O)/C=C/c2ccsc2)c(C)o1. The van der Waals surface area contributed by atoms with Crippen molar-refractivity contribution in [3.63, 3.8) is 0 Å². The molecule has 2 heterocycles. The fourth-order valence-corrected chi connectivity index (χ4v) is 2.75. The summed E-state index contributed by atoms with van der Waals surface area (Å²) >= 11 is 1.58. The minimum atomic E-state index is -1.16. The van der Waals surface area contributed by atoms with Crippen molar-refractivity contribution >= 4 is 23.3 Å². The number of carbonyl (C=O) groups is 1. The summed E-state index contributed by atoms with van der Waals surface area (Å²) in [5.41, 5.74) is 0.526. The van der Waals surface area contributed by atoms with Gasteiger partial charge in [0.25, 0.3) is 0 Å². The van der Waals surface area contributed by atoms with Crippen LogP contribution in [0.15, 0.2) is 33.4 Å². The number of thiophene rings is 1. The molecule has 2 rings (SSSR count). The van der Waals surface area contributed by atoms with Crippen LogP contribution in [0, 0.1) is 13.8 Å². The zero-order valence-corrected chi connectivity index (χ0v) is 13.2. The first-order valence-electron chi connectivity index (χ1n) is 6.66. The molecule has 0 bridgehead atoms. The molecule has 0 spiro atoms. The second-order valence-corrected chi connectivity index (χ2v) is 5.99. The zero-order chi connectivity index (χ0) is 15.5. The molecule has 0 aliphatic rings. The van der Waals surface area contributed by atoms with Gasteiger partial charge in [-0.05, 0) is 55.3 Å². The summed E-state index contributed by atoms with van der Waals surface area (Å²) in [4.78, 5) is 11.8. The molecule has 0 saturated heterocycles. The van der Waals surface area contributed by atoms with Crippen molar-refractivity contribution in [2.24, 2.45) is 0 Å². The van der Waals surface area contributed by atoms with Gasteiger partial charge in [-0.1, -0.05) is 0 Å². The van der Waals surface area contributed by atoms with Gasteiger partial charge in [0.15, 0.2) is 0 Å². The number of hydrogen-bond donors (Lipinski definition) is 2. The van der Waals surface area contributed by atoms with Crippen LogP contribution in [0.2, 0.25) is 0 Å². The van der Waals surface area contributed by atoms with E-state index in [0.717, 1.165) is 11.3 Å². The molecule has 0 aromatic carbocycles. The molecule has 2 aromatic rings. The maximum Gasteiger partial charge on any atom is 0.244 e. The van der Waals surface area contributed by atoms with Crippen LogP contribution in [0.5, 0.6) is 0 Å². The van der Waals surface area contributed by atoms with Gasteiger partial charge in [-0.3, -0.25) is 4.79 Å². The molecule has 0 radical (unpaired) electrons. The Kier molecular flexibility index (Phi) is 4.65. The van der Waals surface area contributed by atoms with Crippen LogP contribution in [0.1, 0.15) is 29.6 Å². The first kappa shape index (κ1) is 15.5. The predicted octanol–water partition coefficient (Wildman–Crippen LogP) is 3.00. The van der Waals surface area contributed by atoms with E-state index in [1.165, 1.54) is 6.08 Å². The van der Waals surface area contributed by atoms with E-state index in [0.29, 0.717) is 11.3 Å². The lowest BCUT2D eigenvalue weighted by atomic mass is 9.96. The van der Waals surface area contributed by atoms with E-state index in [9.17, 15) is 9.90 Å². The lowest BCUT2D eigenvalue weighted by Crippen LogP contribution is -2.38. The van der Waals surface area contributed by atoms with Crippen molar-refractivity contribution in [2.75, 3.05) is 6.54 Å². The molecule has 0 unspecified atom stereocenters. The van der Waals surface area contributed by atoms with Crippen molar-refractivity contribution in [3.8, 4) is 0 Å². The fourth-order valence-electron chi connectivity index (χ4n) is 2.12. The number of carbonyl (C=O) groups excluding carboxylic acids is 1. The average molecular weight is 305 g/mol. The maximum absolute atomic E-state index is 11.8. The van der Waals surface area contributed by atoms with Crippen LogP contribution in [0.4, 0.5) is 0 Å². The highest BCUT2D eigenvalue weighted by atomic mass is 32.1. The smallest absolute Gasteiger partial charge is 0.244 e. The second-order valence-electron chi connectivity index (χ2n) is 5.21. The fraction of sp³-hybridized carbons (Fsp3) is 0.312. The van der Waals surface area contributed by atoms with Gasteiger partial charge in [0.05, 0.1) is 6.54 Å². The van der Waals surface area contributed by atoms with Crippen LogP contribution in [0.3, 0.4) is 0 Å². The number of rotatable bonds is 5. The molecular formula is C16H19NO3S. The van der Waals surface area contributed by atoms with Crippen molar-refractivity contribution < 1.29 is 14.3 Å². The largest absolute Gasteiger partial charge is 0.466 e. The van der Waals surface area contributed by atoms with E-state index < -0.39 is 5.60 Å². The third-order valence-corrected chi connectivity index (χ3v) is 3.90. The number of furan rings is 1. The van der Waals surface area contributed by atoms with E-state index in [4.69, 9.17) is 4.42 Å². The Bertz CT molecular complexity index is 639.